The van der Waals surface area contributed by atoms with E-state index >= 15 is 0 Å². The Bertz CT molecular complexity index is 2340. The van der Waals surface area contributed by atoms with Crippen molar-refractivity contribution in [1.82, 2.24) is 0 Å². The smallest absolute Gasteiger partial charge is 0.347 e. The van der Waals surface area contributed by atoms with Crippen LogP contribution in [0.25, 0.3) is 5.57 Å². The van der Waals surface area contributed by atoms with Gasteiger partial charge in [-0.1, -0.05) is 177 Å². The fourth-order valence-corrected chi connectivity index (χ4v) is 11.7. The van der Waals surface area contributed by atoms with Crippen LogP contribution in [0.15, 0.2) is 114 Å². The Labute approximate surface area is 419 Å². The number of likely N-dealkylation sites (N-methyl/N-ethyl adjacent to an activating group) is 2. The highest BCUT2D eigenvalue weighted by Crippen LogP contribution is 2.48. The lowest BCUT2D eigenvalue weighted by molar-refractivity contribution is -0.870. The zero-order valence-electron chi connectivity index (χ0n) is 44.5. The van der Waals surface area contributed by atoms with Crippen LogP contribution in [-0.4, -0.2) is 74.7 Å². The van der Waals surface area contributed by atoms with Crippen LogP contribution in [0, 0.1) is 0 Å². The number of anilines is 1. The zero-order chi connectivity index (χ0) is 49.5. The maximum absolute atomic E-state index is 12.0. The molecular weight excluding hydrogens is 870 g/mol. The number of rotatable bonds is 28. The standard InChI is InChI=1S/C61H89N3O4P/c1-60(2)53-34-25-27-36-55(53)62(5)57(60)44-42-50-32-30-33-51(43-45-58-61(3,4)54-35-26-28-37-56(54)63(58)6)59(50)52-40-38-49(39-41-52)31-24-22-20-18-16-14-12-10-11-13-15-17-19-21-23-29-47-67-69(65,66)68-48-46-64(7,8)9/h25-28,34-45H,10-24,29-33,46-48H2,1-9H3/q+1/p+1. The topological polar surface area (TPSA) is 62.0 Å². The summed E-state index contributed by atoms with van der Waals surface area (Å²) < 4.78 is 25.3. The van der Waals surface area contributed by atoms with Gasteiger partial charge in [-0.05, 0) is 97.9 Å². The normalized spacial score (nSPS) is 18.8. The van der Waals surface area contributed by atoms with Gasteiger partial charge >= 0.3 is 7.82 Å². The summed E-state index contributed by atoms with van der Waals surface area (Å²) >= 11 is 0. The second-order valence-electron chi connectivity index (χ2n) is 22.4. The molecule has 3 aliphatic rings. The minimum atomic E-state index is -3.93. The molecule has 69 heavy (non-hydrogen) atoms. The molecule has 1 atom stereocenters. The third-order valence-corrected chi connectivity index (χ3v) is 16.2. The summed E-state index contributed by atoms with van der Waals surface area (Å²) in [7, 11) is 6.59. The van der Waals surface area contributed by atoms with Gasteiger partial charge in [-0.2, -0.15) is 4.58 Å². The molecule has 0 fully saturated rings. The number of benzene rings is 3. The Morgan fingerprint density at radius 1 is 0.667 bits per heavy atom. The van der Waals surface area contributed by atoms with E-state index in [0.717, 1.165) is 44.9 Å². The first-order valence-corrected chi connectivity index (χ1v) is 28.4. The molecule has 1 N–H and O–H groups in total. The highest BCUT2D eigenvalue weighted by Gasteiger charge is 2.43. The average molecular weight is 960 g/mol. The lowest BCUT2D eigenvalue weighted by atomic mass is 9.79. The molecule has 0 bridgehead atoms. The quantitative estimate of drug-likeness (QED) is 0.0340. The SMILES string of the molecule is CN1/C(=C\C=C2/CCCC(/C=C/C3=[N+](C)c4ccccc4C3(C)C)=C2c2ccc(CCCCCCCCCCCCCCCCCCOP(=O)(O)OCC[N+](C)(C)C)cc2)C(C)(C)c2ccccc21. The van der Waals surface area contributed by atoms with E-state index in [1.807, 2.05) is 21.1 Å². The number of allylic oxidation sites excluding steroid dienone is 8. The zero-order valence-corrected chi connectivity index (χ0v) is 45.4. The summed E-state index contributed by atoms with van der Waals surface area (Å²) in [6.07, 6.45) is 34.4. The highest BCUT2D eigenvalue weighted by atomic mass is 31.2. The molecule has 0 aromatic heterocycles. The molecule has 3 aromatic rings. The van der Waals surface area contributed by atoms with Gasteiger partial charge in [0.2, 0.25) is 5.69 Å². The molecule has 3 aromatic carbocycles. The number of phosphoric acid groups is 1. The third kappa shape index (κ3) is 15.3. The number of hydrogen-bond acceptors (Lipinski definition) is 4. The van der Waals surface area contributed by atoms with E-state index in [1.165, 1.54) is 145 Å². The van der Waals surface area contributed by atoms with Crippen molar-refractivity contribution in [2.24, 2.45) is 0 Å². The first-order valence-electron chi connectivity index (χ1n) is 26.9. The average Bonchev–Trinajstić information content (AvgIpc) is 3.63. The van der Waals surface area contributed by atoms with Crippen LogP contribution in [0.4, 0.5) is 11.4 Å². The maximum atomic E-state index is 12.0. The number of para-hydroxylation sites is 2. The molecule has 0 spiro atoms. The van der Waals surface area contributed by atoms with Crippen molar-refractivity contribution in [3.05, 3.63) is 136 Å². The molecule has 1 aliphatic carbocycles. The Morgan fingerprint density at radius 2 is 1.22 bits per heavy atom. The molecule has 8 heteroatoms. The van der Waals surface area contributed by atoms with Gasteiger partial charge in [-0.3, -0.25) is 9.05 Å². The van der Waals surface area contributed by atoms with E-state index in [2.05, 4.69) is 148 Å². The molecule has 0 amide bonds. The van der Waals surface area contributed by atoms with E-state index in [1.54, 1.807) is 0 Å². The Hall–Kier alpha value is -3.84. The summed E-state index contributed by atoms with van der Waals surface area (Å²) in [5.41, 5.74) is 15.1. The van der Waals surface area contributed by atoms with Gasteiger partial charge in [0.1, 0.15) is 20.2 Å². The van der Waals surface area contributed by atoms with E-state index in [4.69, 9.17) is 9.05 Å². The lowest BCUT2D eigenvalue weighted by Gasteiger charge is -2.25. The maximum Gasteiger partial charge on any atom is 0.472 e. The van der Waals surface area contributed by atoms with E-state index in [-0.39, 0.29) is 24.0 Å². The highest BCUT2D eigenvalue weighted by molar-refractivity contribution is 7.47. The fraction of sp³-hybridized carbons (Fsp3) is 0.557. The fourth-order valence-electron chi connectivity index (χ4n) is 11.0. The van der Waals surface area contributed by atoms with Crippen LogP contribution in [0.2, 0.25) is 0 Å². The van der Waals surface area contributed by atoms with Crippen LogP contribution >= 0.6 is 7.82 Å². The number of aryl methyl sites for hydroxylation is 1. The van der Waals surface area contributed by atoms with Crippen molar-refractivity contribution < 1.29 is 27.6 Å². The summed E-state index contributed by atoms with van der Waals surface area (Å²) in [5.74, 6) is 0. The first kappa shape index (κ1) is 54.5. The molecule has 1 unspecified atom stereocenters. The molecule has 6 rings (SSSR count). The minimum Gasteiger partial charge on any atom is -0.347 e. The van der Waals surface area contributed by atoms with Crippen LogP contribution in [0.5, 0.6) is 0 Å². The Balaban J connectivity index is 0.923. The number of quaternary nitrogens is 1. The Kier molecular flexibility index (Phi) is 20.1. The minimum absolute atomic E-state index is 0.0567. The second-order valence-corrected chi connectivity index (χ2v) is 23.8. The van der Waals surface area contributed by atoms with Crippen LogP contribution in [-0.2, 0) is 30.9 Å². The molecule has 2 aliphatic heterocycles. The Morgan fingerprint density at radius 3 is 1.81 bits per heavy atom. The van der Waals surface area contributed by atoms with Crippen LogP contribution in [0.3, 0.4) is 0 Å². The molecular formula is C61H90N3O4P+2. The largest absolute Gasteiger partial charge is 0.472 e. The van der Waals surface area contributed by atoms with Crippen molar-refractivity contribution >= 4 is 30.5 Å². The second kappa shape index (κ2) is 25.5. The van der Waals surface area contributed by atoms with Crippen molar-refractivity contribution in [2.45, 2.75) is 167 Å². The number of hydrogen-bond donors (Lipinski definition) is 1. The van der Waals surface area contributed by atoms with Gasteiger partial charge in [0.15, 0.2) is 5.71 Å². The van der Waals surface area contributed by atoms with Crippen molar-refractivity contribution in [2.75, 3.05) is 59.9 Å². The molecule has 2 heterocycles. The van der Waals surface area contributed by atoms with Gasteiger partial charge in [-0.25, -0.2) is 4.57 Å². The summed E-state index contributed by atoms with van der Waals surface area (Å²) in [5, 5.41) is 0. The van der Waals surface area contributed by atoms with Gasteiger partial charge < -0.3 is 14.3 Å². The van der Waals surface area contributed by atoms with Gasteiger partial charge in [0.05, 0.1) is 33.2 Å². The van der Waals surface area contributed by atoms with Gasteiger partial charge in [0.25, 0.3) is 0 Å². The van der Waals surface area contributed by atoms with Crippen LogP contribution < -0.4 is 4.90 Å². The summed E-state index contributed by atoms with van der Waals surface area (Å²) in [4.78, 5) is 12.2. The molecule has 0 saturated heterocycles. The van der Waals surface area contributed by atoms with E-state index in [0.29, 0.717) is 11.0 Å². The summed E-state index contributed by atoms with van der Waals surface area (Å²) in [6.45, 7) is 10.6. The predicted molar refractivity (Wildman–Crippen MR) is 293 cm³/mol. The number of fused-ring (bicyclic) bond motifs is 2. The first-order chi connectivity index (χ1) is 33.0. The third-order valence-electron chi connectivity index (χ3n) is 15.2. The van der Waals surface area contributed by atoms with Crippen LogP contribution in [0.1, 0.15) is 172 Å². The molecule has 376 valence electrons. The summed E-state index contributed by atoms with van der Waals surface area (Å²) in [6, 6.07) is 27.4. The van der Waals surface area contributed by atoms with E-state index in [9.17, 15) is 9.46 Å². The van der Waals surface area contributed by atoms with E-state index < -0.39 is 7.82 Å². The predicted octanol–water partition coefficient (Wildman–Crippen LogP) is 15.7. The molecule has 0 radical (unpaired) electrons. The van der Waals surface area contributed by atoms with Gasteiger partial charge in [-0.15, -0.1) is 0 Å². The van der Waals surface area contributed by atoms with Gasteiger partial charge in [0, 0.05) is 41.6 Å². The van der Waals surface area contributed by atoms with Crippen molar-refractivity contribution in [1.29, 1.82) is 0 Å². The molecule has 0 saturated carbocycles. The van der Waals surface area contributed by atoms with Crippen molar-refractivity contribution in [3.8, 4) is 0 Å². The van der Waals surface area contributed by atoms with Crippen molar-refractivity contribution in [3.63, 3.8) is 0 Å². The lowest BCUT2D eigenvalue weighted by Crippen LogP contribution is -2.37. The number of unbranched alkanes of at least 4 members (excludes halogenated alkanes) is 15. The number of phosphoric ester groups is 1. The molecule has 7 nitrogen and oxygen atoms in total. The monoisotopic (exact) mass is 960 g/mol. The number of nitrogens with zero attached hydrogens (tertiary/aromatic N) is 3.